The van der Waals surface area contributed by atoms with Crippen LogP contribution in [0.15, 0.2) is 182 Å². The maximum Gasteiger partial charge on any atom is 0.269 e. The number of benzene rings is 8. The van der Waals surface area contributed by atoms with Crippen molar-refractivity contribution in [2.75, 3.05) is 0 Å². The zero-order valence-corrected chi connectivity index (χ0v) is 42.2. The molecular weight excluding hydrogens is 992 g/mol. The molecule has 2 atom stereocenters. The summed E-state index contributed by atoms with van der Waals surface area (Å²) in [7, 11) is 0. The molecule has 337 valence electrons. The van der Waals surface area contributed by atoms with Crippen LogP contribution >= 0.6 is 0 Å². The molecule has 0 amide bonds. The van der Waals surface area contributed by atoms with E-state index < -0.39 is 0 Å². The first-order valence-corrected chi connectivity index (χ1v) is 24.2. The van der Waals surface area contributed by atoms with Gasteiger partial charge in [0.1, 0.15) is 0 Å². The number of fused-ring (bicyclic) bond motifs is 5. The summed E-state index contributed by atoms with van der Waals surface area (Å²) >= 11 is 0. The Morgan fingerprint density at radius 1 is 0.448 bits per heavy atom. The fourth-order valence-corrected chi connectivity index (χ4v) is 11.2. The van der Waals surface area contributed by atoms with Crippen LogP contribution < -0.4 is 21.0 Å². The van der Waals surface area contributed by atoms with Crippen molar-refractivity contribution in [3.05, 3.63) is 250 Å². The van der Waals surface area contributed by atoms with Gasteiger partial charge in [-0.15, -0.1) is 11.1 Å². The monoisotopic (exact) mass is 1050 g/mol. The van der Waals surface area contributed by atoms with Crippen LogP contribution in [0.3, 0.4) is 0 Å². The van der Waals surface area contributed by atoms with E-state index in [1.54, 1.807) is 0 Å². The Balaban J connectivity index is 0.000000165. The van der Waals surface area contributed by atoms with Gasteiger partial charge < -0.3 is 0 Å². The van der Waals surface area contributed by atoms with E-state index in [1.807, 2.05) is 0 Å². The molecule has 0 N–H and O–H groups in total. The molecule has 4 heteroatoms. The van der Waals surface area contributed by atoms with E-state index in [1.165, 1.54) is 94.4 Å². The minimum absolute atomic E-state index is 0. The molecule has 9 aromatic rings. The van der Waals surface area contributed by atoms with E-state index in [4.69, 9.17) is 0 Å². The number of hydrogen-bond donors (Lipinski definition) is 0. The molecule has 3 heterocycles. The van der Waals surface area contributed by atoms with Crippen LogP contribution in [0.25, 0.3) is 22.4 Å². The molecule has 67 heavy (non-hydrogen) atoms. The zero-order valence-electron chi connectivity index (χ0n) is 40.1. The van der Waals surface area contributed by atoms with E-state index in [0.29, 0.717) is 23.7 Å². The van der Waals surface area contributed by atoms with Crippen LogP contribution in [0.1, 0.15) is 147 Å². The minimum Gasteiger partial charge on any atom is -0.291 e. The average Bonchev–Trinajstić information content (AvgIpc) is 3.73. The largest absolute Gasteiger partial charge is 0.291 e. The van der Waals surface area contributed by atoms with Crippen molar-refractivity contribution in [1.82, 2.24) is 4.57 Å². The van der Waals surface area contributed by atoms with Crippen LogP contribution in [0, 0.1) is 12.4 Å². The van der Waals surface area contributed by atoms with Crippen molar-refractivity contribution < 1.29 is 26.9 Å². The van der Waals surface area contributed by atoms with Crippen molar-refractivity contribution in [2.45, 2.75) is 90.9 Å². The Bertz CT molecular complexity index is 2920. The summed E-state index contributed by atoms with van der Waals surface area (Å²) in [6.07, 6.45) is 3.84. The molecule has 2 aliphatic heterocycles. The number of imidazole rings is 1. The zero-order chi connectivity index (χ0) is 45.6. The predicted molar refractivity (Wildman–Crippen MR) is 278 cm³/mol. The molecule has 0 spiro atoms. The van der Waals surface area contributed by atoms with Crippen molar-refractivity contribution in [1.29, 1.82) is 0 Å². The third-order valence-corrected chi connectivity index (χ3v) is 14.2. The summed E-state index contributed by atoms with van der Waals surface area (Å²) in [6.45, 7) is 18.5. The fourth-order valence-electron chi connectivity index (χ4n) is 11.2. The topological polar surface area (TPSA) is 8.81 Å². The van der Waals surface area contributed by atoms with Gasteiger partial charge in [0, 0.05) is 22.4 Å². The van der Waals surface area contributed by atoms with Gasteiger partial charge in [-0.3, -0.25) is 9.13 Å². The fraction of sp³-hybridized carbons (Fsp3) is 0.222. The second kappa shape index (κ2) is 19.3. The molecule has 2 unspecified atom stereocenters. The molecule has 2 nitrogen and oxygen atoms in total. The first kappa shape index (κ1) is 46.2. The number of rotatable bonds is 8. The van der Waals surface area contributed by atoms with Crippen molar-refractivity contribution in [2.24, 2.45) is 0 Å². The van der Waals surface area contributed by atoms with Crippen molar-refractivity contribution in [3.8, 4) is 11.4 Å². The Labute approximate surface area is 415 Å². The Morgan fingerprint density at radius 3 is 1.34 bits per heavy atom. The quantitative estimate of drug-likeness (QED) is 0.0815. The summed E-state index contributed by atoms with van der Waals surface area (Å²) in [6, 6.07) is 70.4. The molecule has 11 rings (SSSR count). The first-order chi connectivity index (χ1) is 32.1. The van der Waals surface area contributed by atoms with Gasteiger partial charge in [0.2, 0.25) is 6.71 Å². The van der Waals surface area contributed by atoms with E-state index in [-0.39, 0.29) is 40.9 Å². The van der Waals surface area contributed by atoms with E-state index >= 15 is 0 Å². The molecule has 2 aliphatic rings. The van der Waals surface area contributed by atoms with Gasteiger partial charge in [0.25, 0.3) is 6.33 Å². The first-order valence-electron chi connectivity index (χ1n) is 24.2. The van der Waals surface area contributed by atoms with E-state index in [0.717, 1.165) is 0 Å². The van der Waals surface area contributed by atoms with Crippen LogP contribution in [-0.4, -0.2) is 11.3 Å². The van der Waals surface area contributed by atoms with Gasteiger partial charge in [0.05, 0.1) is 22.4 Å². The van der Waals surface area contributed by atoms with E-state index in [2.05, 4.69) is 259 Å². The third kappa shape index (κ3) is 8.20. The second-order valence-electron chi connectivity index (χ2n) is 19.6. The molecule has 1 radical (unpaired) electrons. The number of hydrogen-bond acceptors (Lipinski definition) is 0. The maximum absolute atomic E-state index is 3.84. The molecule has 0 fully saturated rings. The molecule has 0 saturated heterocycles. The molecule has 8 aromatic carbocycles. The van der Waals surface area contributed by atoms with Gasteiger partial charge in [-0.05, 0) is 68.9 Å². The van der Waals surface area contributed by atoms with Crippen LogP contribution in [0.5, 0.6) is 0 Å². The standard InChI is InChI=1S/C32H22B.C31H38N2.Au/c1-3-12-22(13-4-1)30-24-16-7-9-20-28(24)33-29-21-10-8-17-25(29)31(23-14-5-2-6-15-23)27-19-11-18-26(30)32(27)33;1-20(2)24-13-11-14-25(21(3)4)30(24)32-19-33(29-18-10-9-17-28(29)32)31-26(22(5)6)15-12-16-27(31)23(7)8;/h1-10,12-21,30-31H;9-18,20-23H,1-8H3;/q-1;;. The molecule has 0 saturated carbocycles. The number of nitrogens with zero attached hydrogens (tertiary/aromatic N) is 2. The van der Waals surface area contributed by atoms with Crippen molar-refractivity contribution >= 4 is 34.1 Å². The Kier molecular flexibility index (Phi) is 13.3. The van der Waals surface area contributed by atoms with Gasteiger partial charge in [-0.1, -0.05) is 247 Å². The van der Waals surface area contributed by atoms with Gasteiger partial charge in [-0.25, -0.2) is 0 Å². The Hall–Kier alpha value is -5.96. The number of para-hydroxylation sites is 4. The maximum atomic E-state index is 3.84. The second-order valence-corrected chi connectivity index (χ2v) is 19.6. The molecule has 1 aromatic heterocycles. The molecule has 0 bridgehead atoms. The SMILES string of the molecule is CC(C)c1cccc(C(C)C)c1-n1[c-][n+](-c2c(C(C)C)cccc2C(C)C)c2ccccc21.[Au].[c-]1cc2c3c(c1)C(c1ccccc1)c1ccccc1B3c1ccccc1C2c1ccccc1. The summed E-state index contributed by atoms with van der Waals surface area (Å²) < 4.78 is 4.64. The predicted octanol–water partition coefficient (Wildman–Crippen LogP) is 13.2. The molecular formula is C63H60AuBN2-. The number of aromatic nitrogens is 2. The van der Waals surface area contributed by atoms with Crippen LogP contribution in [0.2, 0.25) is 0 Å². The minimum atomic E-state index is 0. The van der Waals surface area contributed by atoms with Crippen molar-refractivity contribution in [3.63, 3.8) is 0 Å². The summed E-state index contributed by atoms with van der Waals surface area (Å²) in [4.78, 5) is 0. The summed E-state index contributed by atoms with van der Waals surface area (Å²) in [5.74, 6) is 2.16. The van der Waals surface area contributed by atoms with Gasteiger partial charge >= 0.3 is 0 Å². The van der Waals surface area contributed by atoms with Gasteiger partial charge in [0.15, 0.2) is 0 Å². The third-order valence-electron chi connectivity index (χ3n) is 14.2. The summed E-state index contributed by atoms with van der Waals surface area (Å²) in [5, 5.41) is 0. The van der Waals surface area contributed by atoms with Crippen LogP contribution in [0.4, 0.5) is 0 Å². The van der Waals surface area contributed by atoms with Gasteiger partial charge in [-0.2, -0.15) is 23.7 Å². The molecule has 0 aliphatic carbocycles. The van der Waals surface area contributed by atoms with Crippen LogP contribution in [-0.2, 0) is 22.4 Å². The summed E-state index contributed by atoms with van der Waals surface area (Å²) in [5.41, 5.74) is 23.1. The normalized spacial score (nSPS) is 14.7. The Morgan fingerprint density at radius 2 is 0.866 bits per heavy atom. The average molecular weight is 1050 g/mol. The smallest absolute Gasteiger partial charge is 0.269 e. The van der Waals surface area contributed by atoms with E-state index in [9.17, 15) is 0 Å².